The molecule has 1 atom stereocenters. The van der Waals surface area contributed by atoms with Gasteiger partial charge >= 0.3 is 0 Å². The molecule has 1 heterocycles. The van der Waals surface area contributed by atoms with Gasteiger partial charge in [0.1, 0.15) is 0 Å². The fourth-order valence-corrected chi connectivity index (χ4v) is 3.29. The zero-order chi connectivity index (χ0) is 14.5. The fourth-order valence-electron chi connectivity index (χ4n) is 3.29. The maximum atomic E-state index is 12.0. The quantitative estimate of drug-likeness (QED) is 0.735. The highest BCUT2D eigenvalue weighted by molar-refractivity contribution is 6.13. The molecule has 1 aliphatic carbocycles. The molecule has 104 valence electrons. The summed E-state index contributed by atoms with van der Waals surface area (Å²) in [6.07, 6.45) is 4.52. The molecule has 3 nitrogen and oxygen atoms in total. The van der Waals surface area contributed by atoms with Crippen LogP contribution in [-0.2, 0) is 21.4 Å². The number of hydrogen-bond donors (Lipinski definition) is 0. The molecule has 3 heteroatoms. The molecule has 0 bridgehead atoms. The van der Waals surface area contributed by atoms with E-state index in [0.29, 0.717) is 0 Å². The number of fused-ring (bicyclic) bond motifs is 1. The van der Waals surface area contributed by atoms with E-state index in [1.165, 1.54) is 33.7 Å². The van der Waals surface area contributed by atoms with Crippen molar-refractivity contribution in [2.45, 2.75) is 45.1 Å². The lowest BCUT2D eigenvalue weighted by Crippen LogP contribution is -2.34. The Labute approximate surface area is 119 Å². The topological polar surface area (TPSA) is 37.4 Å². The Morgan fingerprint density at radius 3 is 2.35 bits per heavy atom. The number of hydrogen-bond acceptors (Lipinski definition) is 2. The van der Waals surface area contributed by atoms with Crippen LogP contribution in [0.1, 0.15) is 49.9 Å². The standard InChI is InChI=1S/C17H19NO2/c1-17(2,3)12-6-4-5-11-7-8-13(16(11)12)18-14(19)9-10-15(18)20/h4-6,9-10,13H,7-8H2,1-3H3/t13-/m0/s1. The molecule has 2 aliphatic rings. The minimum Gasteiger partial charge on any atom is -0.269 e. The van der Waals surface area contributed by atoms with Crippen molar-refractivity contribution in [2.75, 3.05) is 0 Å². The first-order valence-electron chi connectivity index (χ1n) is 7.07. The third kappa shape index (κ3) is 1.89. The summed E-state index contributed by atoms with van der Waals surface area (Å²) in [4.78, 5) is 25.3. The third-order valence-electron chi connectivity index (χ3n) is 4.18. The van der Waals surface area contributed by atoms with E-state index in [4.69, 9.17) is 0 Å². The van der Waals surface area contributed by atoms with Crippen LogP contribution in [0.15, 0.2) is 30.4 Å². The second-order valence-electron chi connectivity index (χ2n) is 6.56. The van der Waals surface area contributed by atoms with Crippen molar-refractivity contribution in [3.8, 4) is 0 Å². The van der Waals surface area contributed by atoms with Gasteiger partial charge in [0.05, 0.1) is 6.04 Å². The zero-order valence-electron chi connectivity index (χ0n) is 12.1. The van der Waals surface area contributed by atoms with Crippen LogP contribution in [0.4, 0.5) is 0 Å². The van der Waals surface area contributed by atoms with Gasteiger partial charge in [-0.2, -0.15) is 0 Å². The van der Waals surface area contributed by atoms with Crippen LogP contribution in [0.5, 0.6) is 0 Å². The molecular weight excluding hydrogens is 250 g/mol. The van der Waals surface area contributed by atoms with E-state index in [9.17, 15) is 9.59 Å². The highest BCUT2D eigenvalue weighted by atomic mass is 16.2. The van der Waals surface area contributed by atoms with Crippen molar-refractivity contribution >= 4 is 11.8 Å². The Bertz CT molecular complexity index is 604. The summed E-state index contributed by atoms with van der Waals surface area (Å²) in [5.74, 6) is -0.367. The van der Waals surface area contributed by atoms with Crippen molar-refractivity contribution in [3.05, 3.63) is 47.0 Å². The fraction of sp³-hybridized carbons (Fsp3) is 0.412. The van der Waals surface area contributed by atoms with Crippen molar-refractivity contribution in [1.82, 2.24) is 4.90 Å². The Balaban J connectivity index is 2.10. The van der Waals surface area contributed by atoms with Gasteiger partial charge in [-0.15, -0.1) is 0 Å². The summed E-state index contributed by atoms with van der Waals surface area (Å²) in [7, 11) is 0. The third-order valence-corrected chi connectivity index (χ3v) is 4.18. The zero-order valence-corrected chi connectivity index (χ0v) is 12.1. The van der Waals surface area contributed by atoms with Gasteiger partial charge in [-0.3, -0.25) is 14.5 Å². The molecule has 0 aromatic heterocycles. The average Bonchev–Trinajstić information content (AvgIpc) is 2.92. The SMILES string of the molecule is CC(C)(C)c1cccc2c1[C@@H](N1C(=O)C=CC1=O)CC2. The first-order chi connectivity index (χ1) is 9.39. The Hall–Kier alpha value is -1.90. The first kappa shape index (κ1) is 13.1. The summed E-state index contributed by atoms with van der Waals surface area (Å²) < 4.78 is 0. The Morgan fingerprint density at radius 2 is 1.75 bits per heavy atom. The average molecular weight is 269 g/mol. The van der Waals surface area contributed by atoms with Crippen molar-refractivity contribution in [1.29, 1.82) is 0 Å². The van der Waals surface area contributed by atoms with Crippen LogP contribution in [0.3, 0.4) is 0 Å². The number of carbonyl (C=O) groups excluding carboxylic acids is 2. The highest BCUT2D eigenvalue weighted by Gasteiger charge is 2.38. The second-order valence-corrected chi connectivity index (χ2v) is 6.56. The molecule has 3 rings (SSSR count). The van der Waals surface area contributed by atoms with Crippen LogP contribution in [0.25, 0.3) is 0 Å². The lowest BCUT2D eigenvalue weighted by atomic mass is 9.81. The molecule has 0 fully saturated rings. The van der Waals surface area contributed by atoms with Gasteiger partial charge in [0, 0.05) is 12.2 Å². The van der Waals surface area contributed by atoms with Crippen LogP contribution >= 0.6 is 0 Å². The molecule has 1 aromatic carbocycles. The minimum atomic E-state index is -0.184. The summed E-state index contributed by atoms with van der Waals surface area (Å²) in [6, 6.07) is 6.21. The first-order valence-corrected chi connectivity index (χ1v) is 7.07. The van der Waals surface area contributed by atoms with Gasteiger partial charge in [0.15, 0.2) is 0 Å². The molecule has 0 radical (unpaired) electrons. The summed E-state index contributed by atoms with van der Waals surface area (Å²) in [5.41, 5.74) is 3.71. The van der Waals surface area contributed by atoms with Gasteiger partial charge in [-0.1, -0.05) is 39.0 Å². The molecule has 0 saturated heterocycles. The maximum Gasteiger partial charge on any atom is 0.254 e. The number of amides is 2. The van der Waals surface area contributed by atoms with E-state index in [1.807, 2.05) is 0 Å². The molecule has 0 spiro atoms. The van der Waals surface area contributed by atoms with E-state index in [2.05, 4.69) is 39.0 Å². The number of rotatable bonds is 1. The van der Waals surface area contributed by atoms with Gasteiger partial charge in [-0.05, 0) is 34.9 Å². The molecule has 0 N–H and O–H groups in total. The van der Waals surface area contributed by atoms with Gasteiger partial charge in [0.25, 0.3) is 11.8 Å². The molecular formula is C17H19NO2. The lowest BCUT2D eigenvalue weighted by molar-refractivity contribution is -0.139. The minimum absolute atomic E-state index is 0.00712. The van der Waals surface area contributed by atoms with Crippen molar-refractivity contribution < 1.29 is 9.59 Å². The normalized spacial score (nSPS) is 21.8. The summed E-state index contributed by atoms with van der Waals surface area (Å²) in [5, 5.41) is 0. The van der Waals surface area contributed by atoms with Crippen molar-refractivity contribution in [3.63, 3.8) is 0 Å². The van der Waals surface area contributed by atoms with Crippen LogP contribution in [0.2, 0.25) is 0 Å². The smallest absolute Gasteiger partial charge is 0.254 e. The highest BCUT2D eigenvalue weighted by Crippen LogP contribution is 2.42. The molecule has 1 aromatic rings. The van der Waals surface area contributed by atoms with E-state index in [0.717, 1.165) is 12.8 Å². The molecule has 0 unspecified atom stereocenters. The maximum absolute atomic E-state index is 12.0. The molecule has 2 amide bonds. The van der Waals surface area contributed by atoms with Crippen LogP contribution in [-0.4, -0.2) is 16.7 Å². The number of imide groups is 1. The second kappa shape index (κ2) is 4.30. The van der Waals surface area contributed by atoms with Crippen molar-refractivity contribution in [2.24, 2.45) is 0 Å². The molecule has 1 aliphatic heterocycles. The van der Waals surface area contributed by atoms with E-state index in [1.54, 1.807) is 0 Å². The number of nitrogens with zero attached hydrogens (tertiary/aromatic N) is 1. The van der Waals surface area contributed by atoms with Gasteiger partial charge in [-0.25, -0.2) is 0 Å². The summed E-state index contributed by atoms with van der Waals surface area (Å²) >= 11 is 0. The van der Waals surface area contributed by atoms with Gasteiger partial charge in [0.2, 0.25) is 0 Å². The predicted octanol–water partition coefficient (Wildman–Crippen LogP) is 2.90. The van der Waals surface area contributed by atoms with Crippen LogP contribution < -0.4 is 0 Å². The number of benzene rings is 1. The molecule has 0 saturated carbocycles. The largest absolute Gasteiger partial charge is 0.269 e. The monoisotopic (exact) mass is 269 g/mol. The van der Waals surface area contributed by atoms with Gasteiger partial charge < -0.3 is 0 Å². The summed E-state index contributed by atoms with van der Waals surface area (Å²) in [6.45, 7) is 6.51. The van der Waals surface area contributed by atoms with E-state index in [-0.39, 0.29) is 23.3 Å². The number of carbonyl (C=O) groups is 2. The number of aryl methyl sites for hydroxylation is 1. The predicted molar refractivity (Wildman–Crippen MR) is 77.2 cm³/mol. The molecule has 20 heavy (non-hydrogen) atoms. The lowest BCUT2D eigenvalue weighted by Gasteiger charge is -2.29. The van der Waals surface area contributed by atoms with E-state index < -0.39 is 0 Å². The van der Waals surface area contributed by atoms with E-state index >= 15 is 0 Å². The Kier molecular flexibility index (Phi) is 2.82. The Morgan fingerprint density at radius 1 is 1.10 bits per heavy atom. The van der Waals surface area contributed by atoms with Crippen LogP contribution in [0, 0.1) is 0 Å².